The van der Waals surface area contributed by atoms with Crippen LogP contribution in [0, 0.1) is 12.7 Å². The second kappa shape index (κ2) is 7.17. The highest BCUT2D eigenvalue weighted by atomic mass is 32.2. The van der Waals surface area contributed by atoms with Crippen LogP contribution in [0.4, 0.5) is 15.8 Å². The molecule has 0 aliphatic rings. The van der Waals surface area contributed by atoms with Gasteiger partial charge < -0.3 is 10.3 Å². The highest BCUT2D eigenvalue weighted by Crippen LogP contribution is 2.27. The number of hydrogen-bond donors (Lipinski definition) is 2. The molecule has 0 radical (unpaired) electrons. The summed E-state index contributed by atoms with van der Waals surface area (Å²) < 4.78 is 14.4. The number of halogens is 1. The van der Waals surface area contributed by atoms with Crippen molar-refractivity contribution in [1.82, 2.24) is 15.0 Å². The van der Waals surface area contributed by atoms with E-state index in [-0.39, 0.29) is 5.82 Å². The Kier molecular flexibility index (Phi) is 4.58. The van der Waals surface area contributed by atoms with E-state index in [0.29, 0.717) is 22.5 Å². The van der Waals surface area contributed by atoms with Gasteiger partial charge in [0.25, 0.3) is 0 Å². The highest BCUT2D eigenvalue weighted by molar-refractivity contribution is 7.98. The van der Waals surface area contributed by atoms with E-state index in [1.54, 1.807) is 18.0 Å². The number of H-pyrrole nitrogens is 1. The van der Waals surface area contributed by atoms with Crippen LogP contribution in [0.5, 0.6) is 0 Å². The number of benzene rings is 2. The molecule has 6 heteroatoms. The van der Waals surface area contributed by atoms with Crippen LogP contribution in [0.15, 0.2) is 65.7 Å². The molecule has 2 N–H and O–H groups in total. The Labute approximate surface area is 154 Å². The molecule has 26 heavy (non-hydrogen) atoms. The quantitative estimate of drug-likeness (QED) is 0.463. The third-order valence-corrected chi connectivity index (χ3v) is 4.90. The van der Waals surface area contributed by atoms with Gasteiger partial charge in [0.2, 0.25) is 0 Å². The number of nitrogens with one attached hydrogen (secondary N) is 2. The largest absolute Gasteiger partial charge is 0.355 e. The van der Waals surface area contributed by atoms with Crippen molar-refractivity contribution in [3.8, 4) is 0 Å². The average Bonchev–Trinajstić information content (AvgIpc) is 3.05. The third-order valence-electron chi connectivity index (χ3n) is 3.90. The van der Waals surface area contributed by atoms with Crippen LogP contribution >= 0.6 is 11.8 Å². The molecule has 0 aliphatic carbocycles. The van der Waals surface area contributed by atoms with Crippen molar-refractivity contribution in [2.75, 3.05) is 5.32 Å². The molecule has 2 heterocycles. The summed E-state index contributed by atoms with van der Waals surface area (Å²) in [6.45, 7) is 1.96. The van der Waals surface area contributed by atoms with Crippen molar-refractivity contribution in [2.45, 2.75) is 17.6 Å². The first kappa shape index (κ1) is 16.6. The minimum atomic E-state index is -0.340. The number of nitrogens with zero attached hydrogens (tertiary/aromatic N) is 2. The number of para-hydroxylation sites is 1. The Balaban J connectivity index is 1.55. The van der Waals surface area contributed by atoms with Crippen LogP contribution in [0.3, 0.4) is 0 Å². The summed E-state index contributed by atoms with van der Waals surface area (Å²) in [6.07, 6.45) is 1.79. The zero-order chi connectivity index (χ0) is 17.9. The summed E-state index contributed by atoms with van der Waals surface area (Å²) in [6, 6.07) is 17.0. The van der Waals surface area contributed by atoms with Gasteiger partial charge in [0, 0.05) is 28.2 Å². The van der Waals surface area contributed by atoms with Gasteiger partial charge in [-0.2, -0.15) is 0 Å². The van der Waals surface area contributed by atoms with Crippen LogP contribution in [-0.2, 0) is 5.75 Å². The maximum absolute atomic E-state index is 14.4. The number of anilines is 2. The van der Waals surface area contributed by atoms with Gasteiger partial charge in [-0.3, -0.25) is 4.98 Å². The summed E-state index contributed by atoms with van der Waals surface area (Å²) >= 11 is 1.64. The maximum Gasteiger partial charge on any atom is 0.153 e. The SMILES string of the molecule is Cc1cc(SCc2nc3c(F)cc(Nc4ccccc4)cc3[nH]2)ccn1. The normalized spacial score (nSPS) is 11.0. The summed E-state index contributed by atoms with van der Waals surface area (Å²) in [5.74, 6) is 1.04. The van der Waals surface area contributed by atoms with E-state index in [9.17, 15) is 4.39 Å². The van der Waals surface area contributed by atoms with E-state index in [4.69, 9.17) is 0 Å². The number of aryl methyl sites for hydroxylation is 1. The van der Waals surface area contributed by atoms with Crippen LogP contribution < -0.4 is 5.32 Å². The Morgan fingerprint density at radius 2 is 1.92 bits per heavy atom. The van der Waals surface area contributed by atoms with Crippen molar-refractivity contribution in [2.24, 2.45) is 0 Å². The topological polar surface area (TPSA) is 53.6 Å². The number of fused-ring (bicyclic) bond motifs is 1. The first-order valence-corrected chi connectivity index (χ1v) is 9.21. The van der Waals surface area contributed by atoms with E-state index in [0.717, 1.165) is 22.1 Å². The van der Waals surface area contributed by atoms with Crippen LogP contribution in [0.1, 0.15) is 11.5 Å². The van der Waals surface area contributed by atoms with Gasteiger partial charge in [0.1, 0.15) is 11.3 Å². The summed E-state index contributed by atoms with van der Waals surface area (Å²) in [5.41, 5.74) is 3.63. The molecule has 2 aromatic carbocycles. The monoisotopic (exact) mass is 364 g/mol. The molecule has 0 fully saturated rings. The van der Waals surface area contributed by atoms with E-state index in [1.807, 2.05) is 55.5 Å². The molecular formula is C20H17FN4S. The average molecular weight is 364 g/mol. The number of pyridine rings is 1. The van der Waals surface area contributed by atoms with Crippen LogP contribution in [0.2, 0.25) is 0 Å². The Hall–Kier alpha value is -2.86. The second-order valence-corrected chi connectivity index (χ2v) is 7.00. The number of imidazole rings is 1. The van der Waals surface area contributed by atoms with E-state index >= 15 is 0 Å². The lowest BCUT2D eigenvalue weighted by Crippen LogP contribution is -1.91. The van der Waals surface area contributed by atoms with Crippen LogP contribution in [0.25, 0.3) is 11.0 Å². The highest BCUT2D eigenvalue weighted by Gasteiger charge is 2.10. The summed E-state index contributed by atoms with van der Waals surface area (Å²) in [5, 5.41) is 3.21. The zero-order valence-electron chi connectivity index (χ0n) is 14.2. The van der Waals surface area contributed by atoms with Crippen LogP contribution in [-0.4, -0.2) is 15.0 Å². The van der Waals surface area contributed by atoms with Gasteiger partial charge in [-0.05, 0) is 43.3 Å². The molecule has 0 aliphatic heterocycles. The first-order chi connectivity index (χ1) is 12.7. The Morgan fingerprint density at radius 1 is 1.08 bits per heavy atom. The van der Waals surface area contributed by atoms with Crippen molar-refractivity contribution >= 4 is 34.2 Å². The Morgan fingerprint density at radius 3 is 2.73 bits per heavy atom. The van der Waals surface area contributed by atoms with Gasteiger partial charge in [0.05, 0.1) is 11.3 Å². The zero-order valence-corrected chi connectivity index (χ0v) is 15.0. The predicted molar refractivity (Wildman–Crippen MR) is 104 cm³/mol. The molecule has 0 spiro atoms. The fourth-order valence-electron chi connectivity index (χ4n) is 2.72. The van der Waals surface area contributed by atoms with Crippen molar-refractivity contribution < 1.29 is 4.39 Å². The second-order valence-electron chi connectivity index (χ2n) is 5.95. The van der Waals surface area contributed by atoms with E-state index in [2.05, 4.69) is 20.3 Å². The number of hydrogen-bond acceptors (Lipinski definition) is 4. The molecular weight excluding hydrogens is 347 g/mol. The molecule has 0 atom stereocenters. The first-order valence-electron chi connectivity index (χ1n) is 8.23. The molecule has 0 amide bonds. The van der Waals surface area contributed by atoms with Gasteiger partial charge in [-0.25, -0.2) is 9.37 Å². The molecule has 4 rings (SSSR count). The molecule has 4 nitrogen and oxygen atoms in total. The molecule has 130 valence electrons. The van der Waals surface area contributed by atoms with Gasteiger partial charge in [-0.15, -0.1) is 11.8 Å². The maximum atomic E-state index is 14.4. The van der Waals surface area contributed by atoms with Crippen molar-refractivity contribution in [3.05, 3.63) is 78.1 Å². The van der Waals surface area contributed by atoms with E-state index < -0.39 is 0 Å². The number of aromatic amines is 1. The van der Waals surface area contributed by atoms with Gasteiger partial charge >= 0.3 is 0 Å². The number of rotatable bonds is 5. The minimum absolute atomic E-state index is 0.340. The standard InChI is InChI=1S/C20H17FN4S/c1-13-9-16(7-8-22-13)26-12-19-24-18-11-15(10-17(21)20(18)25-19)23-14-5-3-2-4-6-14/h2-11,23H,12H2,1H3,(H,24,25). The van der Waals surface area contributed by atoms with Gasteiger partial charge in [0.15, 0.2) is 5.82 Å². The number of thioether (sulfide) groups is 1. The minimum Gasteiger partial charge on any atom is -0.355 e. The van der Waals surface area contributed by atoms with E-state index in [1.165, 1.54) is 6.07 Å². The molecule has 4 aromatic rings. The molecule has 0 unspecified atom stereocenters. The fourth-order valence-corrected chi connectivity index (χ4v) is 3.57. The predicted octanol–water partition coefficient (Wildman–Crippen LogP) is 5.44. The Bertz CT molecular complexity index is 1050. The summed E-state index contributed by atoms with van der Waals surface area (Å²) in [7, 11) is 0. The van der Waals surface area contributed by atoms with Crippen molar-refractivity contribution in [1.29, 1.82) is 0 Å². The molecule has 0 bridgehead atoms. The smallest absolute Gasteiger partial charge is 0.153 e. The van der Waals surface area contributed by atoms with Crippen molar-refractivity contribution in [3.63, 3.8) is 0 Å². The summed E-state index contributed by atoms with van der Waals surface area (Å²) in [4.78, 5) is 12.9. The third kappa shape index (κ3) is 3.70. The lowest BCUT2D eigenvalue weighted by molar-refractivity contribution is 0.637. The number of aromatic nitrogens is 3. The lowest BCUT2D eigenvalue weighted by Gasteiger charge is -2.06. The molecule has 2 aromatic heterocycles. The molecule has 0 saturated heterocycles. The molecule has 0 saturated carbocycles. The fraction of sp³-hybridized carbons (Fsp3) is 0.100. The lowest BCUT2D eigenvalue weighted by atomic mass is 10.2. The van der Waals surface area contributed by atoms with Gasteiger partial charge in [-0.1, -0.05) is 18.2 Å².